The molecule has 0 aromatic heterocycles. The van der Waals surface area contributed by atoms with E-state index in [9.17, 15) is 4.79 Å². The molecule has 0 spiro atoms. The zero-order chi connectivity index (χ0) is 10.4. The van der Waals surface area contributed by atoms with Crippen molar-refractivity contribution in [1.29, 1.82) is 0 Å². The molecule has 0 amide bonds. The third-order valence-corrected chi connectivity index (χ3v) is 1.85. The second-order valence-corrected chi connectivity index (χ2v) is 3.05. The number of carboxylic acids is 1. The average Bonchev–Trinajstić information content (AvgIpc) is 2.18. The quantitative estimate of drug-likeness (QED) is 0.782. The maximum absolute atomic E-state index is 10.8. The van der Waals surface area contributed by atoms with Gasteiger partial charge in [0.1, 0.15) is 5.75 Å². The maximum Gasteiger partial charge on any atom is 0.344 e. The van der Waals surface area contributed by atoms with Gasteiger partial charge < -0.3 is 9.84 Å². The number of rotatable bonds is 5. The molecule has 1 atom stereocenters. The number of ether oxygens (including phenoxy) is 1. The number of hydrogen-bond acceptors (Lipinski definition) is 2. The molecule has 0 bridgehead atoms. The molecule has 0 radical (unpaired) electrons. The van der Waals surface area contributed by atoms with Gasteiger partial charge >= 0.3 is 5.97 Å². The molecule has 14 heavy (non-hydrogen) atoms. The Morgan fingerprint density at radius 2 is 2.07 bits per heavy atom. The minimum atomic E-state index is -0.907. The van der Waals surface area contributed by atoms with Crippen molar-refractivity contribution in [2.75, 3.05) is 0 Å². The first-order chi connectivity index (χ1) is 6.74. The standard InChI is InChI=1S/C11H14O3/c1-2-6-10(11(12)13)14-9-7-4-3-5-8-9/h3-5,7-8,10H,2,6H2,1H3,(H,12,13)/t10-/m0/s1. The molecule has 0 unspecified atom stereocenters. The number of benzene rings is 1. The lowest BCUT2D eigenvalue weighted by Crippen LogP contribution is -2.26. The van der Waals surface area contributed by atoms with Gasteiger partial charge in [-0.2, -0.15) is 0 Å². The highest BCUT2D eigenvalue weighted by Crippen LogP contribution is 2.13. The number of carbonyl (C=O) groups is 1. The number of hydrogen-bond donors (Lipinski definition) is 1. The fourth-order valence-corrected chi connectivity index (χ4v) is 1.16. The fraction of sp³-hybridized carbons (Fsp3) is 0.364. The van der Waals surface area contributed by atoms with Crippen LogP contribution in [0.25, 0.3) is 0 Å². The van der Waals surface area contributed by atoms with Gasteiger partial charge in [-0.05, 0) is 18.6 Å². The Bertz CT molecular complexity index is 282. The predicted molar refractivity (Wildman–Crippen MR) is 53.4 cm³/mol. The van der Waals surface area contributed by atoms with Gasteiger partial charge in [0.2, 0.25) is 0 Å². The van der Waals surface area contributed by atoms with Crippen LogP contribution in [-0.2, 0) is 4.79 Å². The van der Waals surface area contributed by atoms with Crippen LogP contribution in [0.1, 0.15) is 19.8 Å². The molecule has 0 saturated carbocycles. The first-order valence-electron chi connectivity index (χ1n) is 4.68. The van der Waals surface area contributed by atoms with Crippen LogP contribution in [0.3, 0.4) is 0 Å². The highest BCUT2D eigenvalue weighted by molar-refractivity contribution is 5.72. The van der Waals surface area contributed by atoms with Gasteiger partial charge in [0.15, 0.2) is 6.10 Å². The molecule has 0 heterocycles. The summed E-state index contributed by atoms with van der Waals surface area (Å²) in [5.74, 6) is -0.302. The van der Waals surface area contributed by atoms with E-state index in [0.717, 1.165) is 6.42 Å². The van der Waals surface area contributed by atoms with Crippen LogP contribution in [0.15, 0.2) is 30.3 Å². The Kier molecular flexibility index (Phi) is 3.98. The Labute approximate surface area is 83.3 Å². The van der Waals surface area contributed by atoms with E-state index in [-0.39, 0.29) is 0 Å². The summed E-state index contributed by atoms with van der Waals surface area (Å²) >= 11 is 0. The number of aliphatic carboxylic acids is 1. The highest BCUT2D eigenvalue weighted by Gasteiger charge is 2.17. The lowest BCUT2D eigenvalue weighted by atomic mass is 10.2. The van der Waals surface area contributed by atoms with Gasteiger partial charge in [0.05, 0.1) is 0 Å². The molecular formula is C11H14O3. The molecule has 0 saturated heterocycles. The molecule has 76 valence electrons. The van der Waals surface area contributed by atoms with Crippen molar-refractivity contribution in [3.05, 3.63) is 30.3 Å². The van der Waals surface area contributed by atoms with Crippen LogP contribution < -0.4 is 4.74 Å². The van der Waals surface area contributed by atoms with E-state index >= 15 is 0 Å². The second-order valence-electron chi connectivity index (χ2n) is 3.05. The van der Waals surface area contributed by atoms with E-state index in [2.05, 4.69) is 0 Å². The monoisotopic (exact) mass is 194 g/mol. The fourth-order valence-electron chi connectivity index (χ4n) is 1.16. The number of para-hydroxylation sites is 1. The molecular weight excluding hydrogens is 180 g/mol. The largest absolute Gasteiger partial charge is 0.479 e. The maximum atomic E-state index is 10.8. The minimum Gasteiger partial charge on any atom is -0.479 e. The van der Waals surface area contributed by atoms with Crippen molar-refractivity contribution >= 4 is 5.97 Å². The Morgan fingerprint density at radius 1 is 1.43 bits per heavy atom. The van der Waals surface area contributed by atoms with E-state index in [0.29, 0.717) is 12.2 Å². The normalized spacial score (nSPS) is 12.1. The average molecular weight is 194 g/mol. The van der Waals surface area contributed by atoms with Crippen molar-refractivity contribution in [3.63, 3.8) is 0 Å². The second kappa shape index (κ2) is 5.27. The molecule has 1 aromatic carbocycles. The van der Waals surface area contributed by atoms with Gasteiger partial charge in [0, 0.05) is 0 Å². The highest BCUT2D eigenvalue weighted by atomic mass is 16.5. The van der Waals surface area contributed by atoms with Crippen molar-refractivity contribution in [3.8, 4) is 5.75 Å². The van der Waals surface area contributed by atoms with Gasteiger partial charge in [-0.3, -0.25) is 0 Å². The molecule has 0 aliphatic carbocycles. The van der Waals surface area contributed by atoms with Gasteiger partial charge in [-0.15, -0.1) is 0 Å². The molecule has 1 N–H and O–H groups in total. The van der Waals surface area contributed by atoms with Crippen LogP contribution in [0.5, 0.6) is 5.75 Å². The number of carboxylic acid groups (broad SMARTS) is 1. The van der Waals surface area contributed by atoms with Crippen molar-refractivity contribution in [2.45, 2.75) is 25.9 Å². The van der Waals surface area contributed by atoms with Gasteiger partial charge in [-0.25, -0.2) is 4.79 Å². The van der Waals surface area contributed by atoms with E-state index in [1.165, 1.54) is 0 Å². The van der Waals surface area contributed by atoms with Crippen molar-refractivity contribution in [1.82, 2.24) is 0 Å². The molecule has 3 heteroatoms. The summed E-state index contributed by atoms with van der Waals surface area (Å²) in [5.41, 5.74) is 0. The van der Waals surface area contributed by atoms with E-state index in [4.69, 9.17) is 9.84 Å². The van der Waals surface area contributed by atoms with Crippen LogP contribution in [0.2, 0.25) is 0 Å². The summed E-state index contributed by atoms with van der Waals surface area (Å²) in [6.07, 6.45) is 0.594. The van der Waals surface area contributed by atoms with Crippen molar-refractivity contribution < 1.29 is 14.6 Å². The van der Waals surface area contributed by atoms with Gasteiger partial charge in [0.25, 0.3) is 0 Å². The molecule has 0 fully saturated rings. The first kappa shape index (κ1) is 10.6. The third-order valence-electron chi connectivity index (χ3n) is 1.85. The summed E-state index contributed by atoms with van der Waals surface area (Å²) < 4.78 is 5.32. The topological polar surface area (TPSA) is 46.5 Å². The molecule has 0 aliphatic heterocycles. The molecule has 0 aliphatic rings. The minimum absolute atomic E-state index is 0.532. The van der Waals surface area contributed by atoms with Gasteiger partial charge in [-0.1, -0.05) is 31.5 Å². The summed E-state index contributed by atoms with van der Waals surface area (Å²) in [4.78, 5) is 10.8. The van der Waals surface area contributed by atoms with Crippen LogP contribution in [0.4, 0.5) is 0 Å². The summed E-state index contributed by atoms with van der Waals surface area (Å²) in [6.45, 7) is 1.93. The van der Waals surface area contributed by atoms with E-state index < -0.39 is 12.1 Å². The lowest BCUT2D eigenvalue weighted by Gasteiger charge is -2.13. The summed E-state index contributed by atoms with van der Waals surface area (Å²) in [7, 11) is 0. The molecule has 1 rings (SSSR count). The summed E-state index contributed by atoms with van der Waals surface area (Å²) in [6, 6.07) is 9.01. The van der Waals surface area contributed by atoms with Crippen molar-refractivity contribution in [2.24, 2.45) is 0 Å². The van der Waals surface area contributed by atoms with Crippen LogP contribution in [-0.4, -0.2) is 17.2 Å². The smallest absolute Gasteiger partial charge is 0.344 e. The molecule has 3 nitrogen and oxygen atoms in total. The van der Waals surface area contributed by atoms with E-state index in [1.54, 1.807) is 12.1 Å². The predicted octanol–water partition coefficient (Wildman–Crippen LogP) is 2.32. The Balaban J connectivity index is 2.60. The summed E-state index contributed by atoms with van der Waals surface area (Å²) in [5, 5.41) is 8.84. The zero-order valence-electron chi connectivity index (χ0n) is 8.14. The zero-order valence-corrected chi connectivity index (χ0v) is 8.14. The SMILES string of the molecule is CCC[C@H](Oc1ccccc1)C(=O)O. The van der Waals surface area contributed by atoms with Crippen LogP contribution >= 0.6 is 0 Å². The lowest BCUT2D eigenvalue weighted by molar-refractivity contribution is -0.145. The first-order valence-corrected chi connectivity index (χ1v) is 4.68. The Hall–Kier alpha value is -1.51. The van der Waals surface area contributed by atoms with E-state index in [1.807, 2.05) is 25.1 Å². The Morgan fingerprint density at radius 3 is 2.57 bits per heavy atom. The third kappa shape index (κ3) is 3.09. The van der Waals surface area contributed by atoms with Crippen LogP contribution in [0, 0.1) is 0 Å². The molecule has 1 aromatic rings.